The molecule has 0 saturated heterocycles. The van der Waals surface area contributed by atoms with Crippen LogP contribution in [-0.4, -0.2) is 11.5 Å². The molecular weight excluding hydrogens is 168 g/mol. The van der Waals surface area contributed by atoms with Crippen LogP contribution in [0.15, 0.2) is 17.6 Å². The van der Waals surface area contributed by atoms with E-state index in [0.29, 0.717) is 12.5 Å². The summed E-state index contributed by atoms with van der Waals surface area (Å²) in [6.45, 7) is 2.87. The maximum atomic E-state index is 5.61. The molecule has 3 heteroatoms. The molecule has 0 aromatic carbocycles. The minimum atomic E-state index is 0.456. The van der Waals surface area contributed by atoms with Gasteiger partial charge in [0.2, 0.25) is 0 Å². The highest BCUT2D eigenvalue weighted by Crippen LogP contribution is 2.28. The molecule has 2 heterocycles. The smallest absolute Gasteiger partial charge is 0.0566 e. The summed E-state index contributed by atoms with van der Waals surface area (Å²) in [5, 5.41) is 2.11. The second-order valence-electron chi connectivity index (χ2n) is 3.04. The van der Waals surface area contributed by atoms with E-state index in [1.165, 1.54) is 15.8 Å². The minimum Gasteiger partial charge on any atom is -0.360 e. The van der Waals surface area contributed by atoms with Crippen LogP contribution in [0.1, 0.15) is 18.4 Å². The summed E-state index contributed by atoms with van der Waals surface area (Å²) in [4.78, 5) is 3.24. The Morgan fingerprint density at radius 1 is 1.67 bits per heavy atom. The predicted octanol–water partition coefficient (Wildman–Crippen LogP) is 2.29. The van der Waals surface area contributed by atoms with Crippen LogP contribution >= 0.6 is 11.3 Å². The second kappa shape index (κ2) is 2.92. The van der Waals surface area contributed by atoms with Gasteiger partial charge in [-0.3, -0.25) is 0 Å². The topological polar surface area (TPSA) is 41.8 Å². The molecule has 0 spiro atoms. The molecule has 0 saturated carbocycles. The van der Waals surface area contributed by atoms with Crippen molar-refractivity contribution >= 4 is 21.6 Å². The van der Waals surface area contributed by atoms with Crippen LogP contribution in [0.25, 0.3) is 10.2 Å². The van der Waals surface area contributed by atoms with Gasteiger partial charge in [0.1, 0.15) is 0 Å². The van der Waals surface area contributed by atoms with Gasteiger partial charge in [-0.1, -0.05) is 6.92 Å². The zero-order chi connectivity index (χ0) is 8.55. The van der Waals surface area contributed by atoms with Crippen molar-refractivity contribution in [2.75, 3.05) is 6.54 Å². The Morgan fingerprint density at radius 2 is 2.50 bits per heavy atom. The van der Waals surface area contributed by atoms with Crippen molar-refractivity contribution in [3.63, 3.8) is 0 Å². The van der Waals surface area contributed by atoms with E-state index < -0.39 is 0 Å². The molecule has 2 nitrogen and oxygen atoms in total. The molecule has 1 unspecified atom stereocenters. The monoisotopic (exact) mass is 180 g/mol. The molecular formula is C9H12N2S. The van der Waals surface area contributed by atoms with Crippen LogP contribution in [0, 0.1) is 0 Å². The van der Waals surface area contributed by atoms with Crippen molar-refractivity contribution in [1.29, 1.82) is 0 Å². The quantitative estimate of drug-likeness (QED) is 0.731. The van der Waals surface area contributed by atoms with Gasteiger partial charge in [-0.05, 0) is 29.5 Å². The molecule has 0 aliphatic rings. The Morgan fingerprint density at radius 3 is 3.25 bits per heavy atom. The molecule has 2 aromatic rings. The van der Waals surface area contributed by atoms with Gasteiger partial charge in [-0.25, -0.2) is 0 Å². The van der Waals surface area contributed by atoms with Crippen molar-refractivity contribution in [3.05, 3.63) is 23.2 Å². The Balaban J connectivity index is 2.53. The molecule has 0 fully saturated rings. The van der Waals surface area contributed by atoms with Gasteiger partial charge in [-0.2, -0.15) is 0 Å². The second-order valence-corrected chi connectivity index (χ2v) is 3.96. The number of hydrogen-bond donors (Lipinski definition) is 2. The Bertz CT molecular complexity index is 374. The Labute approximate surface area is 75.4 Å². The molecule has 2 aromatic heterocycles. The Hall–Kier alpha value is -0.800. The molecule has 64 valence electrons. The third kappa shape index (κ3) is 1.06. The molecule has 0 radical (unpaired) electrons. The van der Waals surface area contributed by atoms with Gasteiger partial charge in [0, 0.05) is 6.20 Å². The first kappa shape index (κ1) is 7.83. The van der Waals surface area contributed by atoms with E-state index in [2.05, 4.69) is 29.6 Å². The number of fused-ring (bicyclic) bond motifs is 1. The number of H-pyrrole nitrogens is 1. The van der Waals surface area contributed by atoms with Crippen LogP contribution < -0.4 is 5.73 Å². The Kier molecular flexibility index (Phi) is 1.90. The van der Waals surface area contributed by atoms with Gasteiger partial charge in [-0.15, -0.1) is 11.3 Å². The van der Waals surface area contributed by atoms with Gasteiger partial charge in [0.05, 0.1) is 10.2 Å². The summed E-state index contributed by atoms with van der Waals surface area (Å²) < 4.78 is 1.35. The molecule has 0 aliphatic carbocycles. The fraction of sp³-hybridized carbons (Fsp3) is 0.333. The summed E-state index contributed by atoms with van der Waals surface area (Å²) in [5.74, 6) is 0.456. The van der Waals surface area contributed by atoms with E-state index in [1.807, 2.05) is 0 Å². The number of aromatic amines is 1. The first-order valence-electron chi connectivity index (χ1n) is 4.07. The molecule has 1 atom stereocenters. The largest absolute Gasteiger partial charge is 0.360 e. The van der Waals surface area contributed by atoms with E-state index in [9.17, 15) is 0 Å². The summed E-state index contributed by atoms with van der Waals surface area (Å²) in [7, 11) is 0. The number of nitrogens with two attached hydrogens (primary N) is 1. The van der Waals surface area contributed by atoms with Crippen LogP contribution in [0.3, 0.4) is 0 Å². The van der Waals surface area contributed by atoms with Gasteiger partial charge < -0.3 is 10.7 Å². The summed E-state index contributed by atoms with van der Waals surface area (Å²) in [6, 6.07) is 2.10. The fourth-order valence-electron chi connectivity index (χ4n) is 1.36. The van der Waals surface area contributed by atoms with Crippen molar-refractivity contribution in [3.8, 4) is 0 Å². The predicted molar refractivity (Wildman–Crippen MR) is 53.6 cm³/mol. The molecule has 3 N–H and O–H groups in total. The lowest BCUT2D eigenvalue weighted by Gasteiger charge is -2.04. The molecule has 2 rings (SSSR count). The fourth-order valence-corrected chi connectivity index (χ4v) is 2.35. The molecule has 12 heavy (non-hydrogen) atoms. The summed E-state index contributed by atoms with van der Waals surface area (Å²) >= 11 is 1.78. The highest BCUT2D eigenvalue weighted by molar-refractivity contribution is 7.17. The van der Waals surface area contributed by atoms with Gasteiger partial charge in [0.25, 0.3) is 0 Å². The molecule has 0 amide bonds. The average Bonchev–Trinajstić information content (AvgIpc) is 2.62. The number of thiophene rings is 1. The minimum absolute atomic E-state index is 0.456. The van der Waals surface area contributed by atoms with Gasteiger partial charge in [0.15, 0.2) is 0 Å². The van der Waals surface area contributed by atoms with E-state index in [0.717, 1.165) is 0 Å². The lowest BCUT2D eigenvalue weighted by Crippen LogP contribution is -2.07. The first-order chi connectivity index (χ1) is 5.83. The first-order valence-corrected chi connectivity index (χ1v) is 4.95. The van der Waals surface area contributed by atoms with Crippen LogP contribution in [0.5, 0.6) is 0 Å². The number of nitrogens with one attached hydrogen (secondary N) is 1. The van der Waals surface area contributed by atoms with E-state index in [-0.39, 0.29) is 0 Å². The van der Waals surface area contributed by atoms with Crippen LogP contribution in [0.2, 0.25) is 0 Å². The van der Waals surface area contributed by atoms with E-state index >= 15 is 0 Å². The van der Waals surface area contributed by atoms with Crippen molar-refractivity contribution < 1.29 is 0 Å². The summed E-state index contributed by atoms with van der Waals surface area (Å²) in [6.07, 6.45) is 2.07. The maximum Gasteiger partial charge on any atom is 0.0566 e. The van der Waals surface area contributed by atoms with Crippen molar-refractivity contribution in [2.24, 2.45) is 5.73 Å². The highest BCUT2D eigenvalue weighted by Gasteiger charge is 2.09. The molecule has 0 aliphatic heterocycles. The highest BCUT2D eigenvalue weighted by atomic mass is 32.1. The lowest BCUT2D eigenvalue weighted by atomic mass is 10.1. The van der Waals surface area contributed by atoms with E-state index in [4.69, 9.17) is 5.73 Å². The number of hydrogen-bond acceptors (Lipinski definition) is 2. The average molecular weight is 180 g/mol. The van der Waals surface area contributed by atoms with Gasteiger partial charge >= 0.3 is 0 Å². The summed E-state index contributed by atoms with van der Waals surface area (Å²) in [5.41, 5.74) is 8.20. The normalized spacial score (nSPS) is 13.8. The number of rotatable bonds is 2. The standard InChI is InChI=1S/C9H12N2S/c1-6(4-10)7-5-11-8-2-3-12-9(7)8/h2-3,5-6,11H,4,10H2,1H3. The van der Waals surface area contributed by atoms with Crippen LogP contribution in [-0.2, 0) is 0 Å². The maximum absolute atomic E-state index is 5.61. The third-order valence-electron chi connectivity index (χ3n) is 2.20. The molecule has 0 bridgehead atoms. The third-order valence-corrected chi connectivity index (χ3v) is 3.16. The zero-order valence-electron chi connectivity index (χ0n) is 7.00. The van der Waals surface area contributed by atoms with Crippen LogP contribution in [0.4, 0.5) is 0 Å². The van der Waals surface area contributed by atoms with E-state index in [1.54, 1.807) is 11.3 Å². The SMILES string of the molecule is CC(CN)c1c[nH]c2ccsc12. The van der Waals surface area contributed by atoms with Crippen molar-refractivity contribution in [2.45, 2.75) is 12.8 Å². The lowest BCUT2D eigenvalue weighted by molar-refractivity contribution is 0.781. The zero-order valence-corrected chi connectivity index (χ0v) is 7.82. The van der Waals surface area contributed by atoms with Crippen molar-refractivity contribution in [1.82, 2.24) is 4.98 Å². The number of aromatic nitrogens is 1.